The highest BCUT2D eigenvalue weighted by Crippen LogP contribution is 2.32. The van der Waals surface area contributed by atoms with Gasteiger partial charge < -0.3 is 14.8 Å². The fourth-order valence-electron chi connectivity index (χ4n) is 2.37. The monoisotopic (exact) mass is 368 g/mol. The number of aliphatic hydroxyl groups excluding tert-OH is 1. The van der Waals surface area contributed by atoms with Crippen LogP contribution in [0.5, 0.6) is 0 Å². The molecule has 0 aliphatic carbocycles. The number of amides is 3. The van der Waals surface area contributed by atoms with Crippen LogP contribution in [0.2, 0.25) is 0 Å². The first-order valence-electron chi connectivity index (χ1n) is 7.38. The van der Waals surface area contributed by atoms with E-state index < -0.39 is 17.3 Å². The summed E-state index contributed by atoms with van der Waals surface area (Å²) in [5.74, 6) is 1.05. The van der Waals surface area contributed by atoms with Gasteiger partial charge in [-0.3, -0.25) is 19.3 Å². The standard InChI is InChI=1S/C15H16N2O5S2/c18-11-8-23-7-10(11)16-13(19)3-4-17-14(20)12(24-15(17)21)6-9-2-1-5-22-9/h1-2,5-6,10-11,18H,3-4,7-8H2,(H,16,19)/b12-6-. The number of imide groups is 1. The molecule has 2 aliphatic rings. The highest BCUT2D eigenvalue weighted by molar-refractivity contribution is 8.18. The van der Waals surface area contributed by atoms with E-state index in [0.29, 0.717) is 17.3 Å². The number of furan rings is 1. The summed E-state index contributed by atoms with van der Waals surface area (Å²) < 4.78 is 5.14. The van der Waals surface area contributed by atoms with E-state index in [9.17, 15) is 19.5 Å². The number of carbonyl (C=O) groups is 3. The smallest absolute Gasteiger partial charge is 0.293 e. The van der Waals surface area contributed by atoms with Crippen molar-refractivity contribution in [2.24, 2.45) is 0 Å². The quantitative estimate of drug-likeness (QED) is 0.756. The van der Waals surface area contributed by atoms with Crippen LogP contribution >= 0.6 is 23.5 Å². The van der Waals surface area contributed by atoms with Gasteiger partial charge in [-0.1, -0.05) is 0 Å². The first-order chi connectivity index (χ1) is 11.5. The van der Waals surface area contributed by atoms with Gasteiger partial charge in [-0.25, -0.2) is 0 Å². The van der Waals surface area contributed by atoms with E-state index in [0.717, 1.165) is 16.7 Å². The SMILES string of the molecule is O=C(CCN1C(=O)S/C(=C\c2ccco2)C1=O)NC1CSCC1O. The number of carbonyl (C=O) groups excluding carboxylic acids is 3. The number of thioether (sulfide) groups is 2. The number of aliphatic hydroxyl groups is 1. The van der Waals surface area contributed by atoms with Crippen molar-refractivity contribution in [2.45, 2.75) is 18.6 Å². The number of hydrogen-bond donors (Lipinski definition) is 2. The Kier molecular flexibility index (Phi) is 5.32. The van der Waals surface area contributed by atoms with Crippen LogP contribution in [0.15, 0.2) is 27.7 Å². The molecule has 3 heterocycles. The Hall–Kier alpha value is -1.71. The number of nitrogens with one attached hydrogen (secondary N) is 1. The van der Waals surface area contributed by atoms with Gasteiger partial charge in [0.1, 0.15) is 5.76 Å². The lowest BCUT2D eigenvalue weighted by atomic mass is 10.2. The fraction of sp³-hybridized carbons (Fsp3) is 0.400. The van der Waals surface area contributed by atoms with Crippen molar-refractivity contribution in [3.05, 3.63) is 29.1 Å². The zero-order valence-electron chi connectivity index (χ0n) is 12.6. The van der Waals surface area contributed by atoms with Gasteiger partial charge in [0.25, 0.3) is 11.1 Å². The molecule has 0 saturated carbocycles. The van der Waals surface area contributed by atoms with E-state index in [2.05, 4.69) is 5.32 Å². The van der Waals surface area contributed by atoms with Gasteiger partial charge in [-0.2, -0.15) is 11.8 Å². The van der Waals surface area contributed by atoms with Gasteiger partial charge in [0, 0.05) is 30.5 Å². The molecule has 0 bridgehead atoms. The summed E-state index contributed by atoms with van der Waals surface area (Å²) >= 11 is 2.40. The maximum Gasteiger partial charge on any atom is 0.293 e. The molecule has 9 heteroatoms. The molecule has 3 amide bonds. The Balaban J connectivity index is 1.54. The molecule has 2 fully saturated rings. The molecular formula is C15H16N2O5S2. The third-order valence-corrected chi connectivity index (χ3v) is 5.73. The highest BCUT2D eigenvalue weighted by atomic mass is 32.2. The van der Waals surface area contributed by atoms with Crippen LogP contribution in [-0.4, -0.2) is 57.3 Å². The van der Waals surface area contributed by atoms with E-state index in [1.165, 1.54) is 12.3 Å². The molecule has 2 unspecified atom stereocenters. The molecule has 2 aliphatic heterocycles. The van der Waals surface area contributed by atoms with E-state index in [4.69, 9.17) is 4.42 Å². The predicted molar refractivity (Wildman–Crippen MR) is 91.3 cm³/mol. The number of nitrogens with zero attached hydrogens (tertiary/aromatic N) is 1. The first kappa shape index (κ1) is 17.1. The Morgan fingerprint density at radius 2 is 2.29 bits per heavy atom. The number of rotatable bonds is 5. The largest absolute Gasteiger partial charge is 0.465 e. The predicted octanol–water partition coefficient (Wildman–Crippen LogP) is 1.30. The van der Waals surface area contributed by atoms with Crippen LogP contribution in [0.25, 0.3) is 6.08 Å². The fourth-order valence-corrected chi connectivity index (χ4v) is 4.38. The Labute approximate surface area is 146 Å². The van der Waals surface area contributed by atoms with Crippen molar-refractivity contribution in [3.8, 4) is 0 Å². The molecule has 2 atom stereocenters. The lowest BCUT2D eigenvalue weighted by molar-refractivity contribution is -0.124. The van der Waals surface area contributed by atoms with Gasteiger partial charge in [0.05, 0.1) is 23.3 Å². The third kappa shape index (κ3) is 3.85. The summed E-state index contributed by atoms with van der Waals surface area (Å²) in [5.41, 5.74) is 0. The van der Waals surface area contributed by atoms with Crippen molar-refractivity contribution < 1.29 is 23.9 Å². The molecule has 2 saturated heterocycles. The highest BCUT2D eigenvalue weighted by Gasteiger charge is 2.35. The van der Waals surface area contributed by atoms with E-state index in [1.54, 1.807) is 23.9 Å². The zero-order chi connectivity index (χ0) is 17.1. The van der Waals surface area contributed by atoms with Crippen LogP contribution < -0.4 is 5.32 Å². The average molecular weight is 368 g/mol. The molecule has 128 valence electrons. The van der Waals surface area contributed by atoms with Crippen LogP contribution in [0.1, 0.15) is 12.2 Å². The molecule has 0 radical (unpaired) electrons. The molecule has 7 nitrogen and oxygen atoms in total. The second-order valence-electron chi connectivity index (χ2n) is 5.38. The minimum Gasteiger partial charge on any atom is -0.465 e. The Morgan fingerprint density at radius 3 is 2.96 bits per heavy atom. The molecule has 0 spiro atoms. The van der Waals surface area contributed by atoms with Gasteiger partial charge >= 0.3 is 0 Å². The lowest BCUT2D eigenvalue weighted by Gasteiger charge is -2.17. The van der Waals surface area contributed by atoms with Crippen molar-refractivity contribution in [2.75, 3.05) is 18.1 Å². The Bertz CT molecular complexity index is 673. The van der Waals surface area contributed by atoms with Gasteiger partial charge in [-0.15, -0.1) is 0 Å². The van der Waals surface area contributed by atoms with E-state index in [-0.39, 0.29) is 29.8 Å². The summed E-state index contributed by atoms with van der Waals surface area (Å²) in [6.07, 6.45) is 2.46. The Morgan fingerprint density at radius 1 is 1.46 bits per heavy atom. The second-order valence-corrected chi connectivity index (χ2v) is 7.45. The molecule has 24 heavy (non-hydrogen) atoms. The normalized spacial score (nSPS) is 25.7. The average Bonchev–Trinajstić information content (AvgIpc) is 3.24. The molecule has 2 N–H and O–H groups in total. The van der Waals surface area contributed by atoms with Crippen LogP contribution in [0, 0.1) is 0 Å². The summed E-state index contributed by atoms with van der Waals surface area (Å²) in [4.78, 5) is 37.5. The van der Waals surface area contributed by atoms with Crippen molar-refractivity contribution >= 4 is 46.7 Å². The van der Waals surface area contributed by atoms with E-state index >= 15 is 0 Å². The molecular weight excluding hydrogens is 352 g/mol. The van der Waals surface area contributed by atoms with E-state index in [1.807, 2.05) is 0 Å². The van der Waals surface area contributed by atoms with Crippen LogP contribution in [0.4, 0.5) is 4.79 Å². The summed E-state index contributed by atoms with van der Waals surface area (Å²) in [7, 11) is 0. The number of hydrogen-bond acceptors (Lipinski definition) is 7. The molecule has 1 aromatic rings. The third-order valence-electron chi connectivity index (χ3n) is 3.65. The topological polar surface area (TPSA) is 99.9 Å². The van der Waals surface area contributed by atoms with Crippen molar-refractivity contribution in [1.82, 2.24) is 10.2 Å². The second kappa shape index (κ2) is 7.45. The molecule has 1 aromatic heterocycles. The van der Waals surface area contributed by atoms with Crippen molar-refractivity contribution in [1.29, 1.82) is 0 Å². The summed E-state index contributed by atoms with van der Waals surface area (Å²) in [6, 6.07) is 3.11. The minimum absolute atomic E-state index is 0.0138. The minimum atomic E-state index is -0.549. The van der Waals surface area contributed by atoms with Gasteiger partial charge in [-0.05, 0) is 23.9 Å². The van der Waals surface area contributed by atoms with Gasteiger partial charge in [0.2, 0.25) is 5.91 Å². The van der Waals surface area contributed by atoms with Crippen LogP contribution in [0.3, 0.4) is 0 Å². The van der Waals surface area contributed by atoms with Crippen molar-refractivity contribution in [3.63, 3.8) is 0 Å². The summed E-state index contributed by atoms with van der Waals surface area (Å²) in [5, 5.41) is 12.0. The summed E-state index contributed by atoms with van der Waals surface area (Å²) in [6.45, 7) is 0.0158. The van der Waals surface area contributed by atoms with Crippen LogP contribution in [-0.2, 0) is 9.59 Å². The zero-order valence-corrected chi connectivity index (χ0v) is 14.3. The molecule has 3 rings (SSSR count). The first-order valence-corrected chi connectivity index (χ1v) is 9.36. The lowest BCUT2D eigenvalue weighted by Crippen LogP contribution is -2.43. The van der Waals surface area contributed by atoms with Gasteiger partial charge in [0.15, 0.2) is 0 Å². The maximum absolute atomic E-state index is 12.3. The molecule has 0 aromatic carbocycles. The maximum atomic E-state index is 12.3.